The number of carbonyl (C=O) groups is 1. The summed E-state index contributed by atoms with van der Waals surface area (Å²) in [6, 6.07) is 12.1. The van der Waals surface area contributed by atoms with Gasteiger partial charge >= 0.3 is 0 Å². The van der Waals surface area contributed by atoms with E-state index in [2.05, 4.69) is 10.5 Å². The molecule has 132 valence electrons. The highest BCUT2D eigenvalue weighted by atomic mass is 16.6. The summed E-state index contributed by atoms with van der Waals surface area (Å²) in [4.78, 5) is 32.2. The molecule has 0 saturated carbocycles. The lowest BCUT2D eigenvalue weighted by molar-refractivity contribution is -0.394. The van der Waals surface area contributed by atoms with Crippen LogP contribution < -0.4 is 5.43 Å². The summed E-state index contributed by atoms with van der Waals surface area (Å²) in [7, 11) is 0. The third-order valence-electron chi connectivity index (χ3n) is 3.24. The average Bonchev–Trinajstić information content (AvgIpc) is 2.64. The van der Waals surface area contributed by atoms with E-state index in [0.717, 1.165) is 23.8 Å². The number of nitrogens with zero attached hydrogens (tertiary/aromatic N) is 3. The molecule has 9 heteroatoms. The fourth-order valence-corrected chi connectivity index (χ4v) is 1.96. The number of benzene rings is 2. The second-order valence-corrected chi connectivity index (χ2v) is 5.19. The Bertz CT molecular complexity index is 874. The largest absolute Gasteiger partial charge is 0.277 e. The van der Waals surface area contributed by atoms with Crippen molar-refractivity contribution in [3.05, 3.63) is 86.0 Å². The summed E-state index contributed by atoms with van der Waals surface area (Å²) in [5.74, 6) is -0.788. The van der Waals surface area contributed by atoms with Gasteiger partial charge in [-0.3, -0.25) is 25.0 Å². The molecule has 1 amide bonds. The highest BCUT2D eigenvalue weighted by Gasteiger charge is 2.19. The van der Waals surface area contributed by atoms with Gasteiger partial charge in [0.15, 0.2) is 0 Å². The molecule has 0 aliphatic carbocycles. The Morgan fingerprint density at radius 1 is 1.04 bits per heavy atom. The minimum Gasteiger partial charge on any atom is -0.267 e. The molecule has 0 atom stereocenters. The van der Waals surface area contributed by atoms with Crippen molar-refractivity contribution >= 4 is 29.1 Å². The zero-order valence-electron chi connectivity index (χ0n) is 13.7. The quantitative estimate of drug-likeness (QED) is 0.483. The number of nitro benzene ring substituents is 2. The predicted octanol–water partition coefficient (Wildman–Crippen LogP) is 3.32. The Labute approximate surface area is 148 Å². The molecule has 0 spiro atoms. The summed E-state index contributed by atoms with van der Waals surface area (Å²) in [5, 5.41) is 25.6. The molecule has 26 heavy (non-hydrogen) atoms. The topological polar surface area (TPSA) is 128 Å². The van der Waals surface area contributed by atoms with E-state index in [4.69, 9.17) is 0 Å². The first-order valence-electron chi connectivity index (χ1n) is 7.38. The monoisotopic (exact) mass is 354 g/mol. The van der Waals surface area contributed by atoms with Crippen molar-refractivity contribution in [3.63, 3.8) is 0 Å². The second-order valence-electron chi connectivity index (χ2n) is 5.19. The number of nitro groups is 2. The number of hydrogen-bond donors (Lipinski definition) is 1. The maximum atomic E-state index is 12.1. The van der Waals surface area contributed by atoms with Gasteiger partial charge in [0.25, 0.3) is 17.3 Å². The van der Waals surface area contributed by atoms with Gasteiger partial charge in [0.1, 0.15) is 0 Å². The lowest BCUT2D eigenvalue weighted by Gasteiger charge is -2.01. The predicted molar refractivity (Wildman–Crippen MR) is 95.8 cm³/mol. The summed E-state index contributed by atoms with van der Waals surface area (Å²) < 4.78 is 0. The van der Waals surface area contributed by atoms with E-state index in [9.17, 15) is 25.0 Å². The Morgan fingerprint density at radius 3 is 2.15 bits per heavy atom. The molecule has 2 rings (SSSR count). The smallest absolute Gasteiger partial charge is 0.267 e. The molecule has 1 N–H and O–H groups in total. The SMILES string of the molecule is CC(C=Cc1ccccc1)=NNC(=O)c1cc([N+](=O)[O-])cc([N+](=O)[O-])c1. The van der Waals surface area contributed by atoms with Gasteiger partial charge in [-0.1, -0.05) is 36.4 Å². The van der Waals surface area contributed by atoms with E-state index < -0.39 is 27.1 Å². The van der Waals surface area contributed by atoms with Gasteiger partial charge in [0.05, 0.1) is 27.2 Å². The van der Waals surface area contributed by atoms with Gasteiger partial charge in [-0.15, -0.1) is 0 Å². The molecule has 0 fully saturated rings. The Morgan fingerprint density at radius 2 is 1.62 bits per heavy atom. The molecule has 2 aromatic carbocycles. The van der Waals surface area contributed by atoms with E-state index >= 15 is 0 Å². The van der Waals surface area contributed by atoms with Crippen LogP contribution in [-0.2, 0) is 0 Å². The first-order chi connectivity index (χ1) is 12.4. The summed E-state index contributed by atoms with van der Waals surface area (Å²) in [6.45, 7) is 1.65. The first-order valence-corrected chi connectivity index (χ1v) is 7.38. The fourth-order valence-electron chi connectivity index (χ4n) is 1.96. The molecule has 0 aromatic heterocycles. The van der Waals surface area contributed by atoms with E-state index in [1.54, 1.807) is 19.1 Å². The lowest BCUT2D eigenvalue weighted by Crippen LogP contribution is -2.19. The highest BCUT2D eigenvalue weighted by Crippen LogP contribution is 2.22. The van der Waals surface area contributed by atoms with E-state index in [1.165, 1.54) is 0 Å². The molecule has 0 unspecified atom stereocenters. The zero-order valence-corrected chi connectivity index (χ0v) is 13.7. The summed E-state index contributed by atoms with van der Waals surface area (Å²) in [5.41, 5.74) is 2.32. The molecule has 0 heterocycles. The lowest BCUT2D eigenvalue weighted by atomic mass is 10.1. The average molecular weight is 354 g/mol. The van der Waals surface area contributed by atoms with Crippen molar-refractivity contribution < 1.29 is 14.6 Å². The van der Waals surface area contributed by atoms with Gasteiger partial charge in [0.2, 0.25) is 0 Å². The Hall–Kier alpha value is -3.88. The standard InChI is InChI=1S/C17H14N4O5/c1-12(7-8-13-5-3-2-4-6-13)18-19-17(22)14-9-15(20(23)24)11-16(10-14)21(25)26/h2-11H,1H3,(H,19,22). The number of carbonyl (C=O) groups excluding carboxylic acids is 1. The molecule has 0 saturated heterocycles. The van der Waals surface area contributed by atoms with Crippen LogP contribution in [0, 0.1) is 20.2 Å². The normalized spacial score (nSPS) is 11.3. The maximum Gasteiger partial charge on any atom is 0.277 e. The molecule has 9 nitrogen and oxygen atoms in total. The van der Waals surface area contributed by atoms with Crippen LogP contribution >= 0.6 is 0 Å². The minimum atomic E-state index is -0.805. The van der Waals surface area contributed by atoms with E-state index in [1.807, 2.05) is 30.3 Å². The van der Waals surface area contributed by atoms with Crippen molar-refractivity contribution in [2.24, 2.45) is 5.10 Å². The van der Waals surface area contributed by atoms with Crippen molar-refractivity contribution in [3.8, 4) is 0 Å². The molecule has 0 bridgehead atoms. The third-order valence-corrected chi connectivity index (χ3v) is 3.24. The van der Waals surface area contributed by atoms with Crippen LogP contribution in [0.2, 0.25) is 0 Å². The molecule has 0 aliphatic heterocycles. The van der Waals surface area contributed by atoms with Crippen LogP contribution in [0.15, 0.2) is 59.7 Å². The van der Waals surface area contributed by atoms with Gasteiger partial charge < -0.3 is 0 Å². The van der Waals surface area contributed by atoms with Crippen molar-refractivity contribution in [2.75, 3.05) is 0 Å². The van der Waals surface area contributed by atoms with Crippen LogP contribution in [0.1, 0.15) is 22.8 Å². The Balaban J connectivity index is 2.15. The van der Waals surface area contributed by atoms with E-state index in [0.29, 0.717) is 5.71 Å². The zero-order chi connectivity index (χ0) is 19.1. The van der Waals surface area contributed by atoms with Crippen LogP contribution in [0.25, 0.3) is 6.08 Å². The van der Waals surface area contributed by atoms with E-state index in [-0.39, 0.29) is 5.56 Å². The van der Waals surface area contributed by atoms with Gasteiger partial charge in [-0.05, 0) is 18.6 Å². The molecule has 2 aromatic rings. The van der Waals surface area contributed by atoms with Crippen LogP contribution in [0.3, 0.4) is 0 Å². The van der Waals surface area contributed by atoms with Crippen LogP contribution in [0.4, 0.5) is 11.4 Å². The summed E-state index contributed by atoms with van der Waals surface area (Å²) >= 11 is 0. The number of non-ortho nitro benzene ring substituents is 2. The molecular weight excluding hydrogens is 340 g/mol. The highest BCUT2D eigenvalue weighted by molar-refractivity contribution is 5.99. The maximum absolute atomic E-state index is 12.1. The fraction of sp³-hybridized carbons (Fsp3) is 0.0588. The minimum absolute atomic E-state index is 0.227. The number of rotatable bonds is 6. The molecule has 0 aliphatic rings. The summed E-state index contributed by atoms with van der Waals surface area (Å²) in [6.07, 6.45) is 3.47. The first kappa shape index (κ1) is 18.5. The van der Waals surface area contributed by atoms with Crippen LogP contribution in [0.5, 0.6) is 0 Å². The number of hydrazone groups is 1. The second kappa shape index (κ2) is 8.29. The Kier molecular flexibility index (Phi) is 5.88. The molecule has 0 radical (unpaired) electrons. The number of nitrogens with one attached hydrogen (secondary N) is 1. The van der Waals surface area contributed by atoms with Crippen LogP contribution in [-0.4, -0.2) is 21.5 Å². The molecular formula is C17H14N4O5. The number of amides is 1. The third kappa shape index (κ3) is 5.06. The van der Waals surface area contributed by atoms with Gasteiger partial charge in [0, 0.05) is 12.1 Å². The van der Waals surface area contributed by atoms with Crippen molar-refractivity contribution in [1.82, 2.24) is 5.43 Å². The van der Waals surface area contributed by atoms with Crippen molar-refractivity contribution in [2.45, 2.75) is 6.92 Å². The number of allylic oxidation sites excluding steroid dienone is 1. The van der Waals surface area contributed by atoms with Gasteiger partial charge in [-0.25, -0.2) is 5.43 Å². The van der Waals surface area contributed by atoms with Gasteiger partial charge in [-0.2, -0.15) is 5.10 Å². The van der Waals surface area contributed by atoms with Crippen molar-refractivity contribution in [1.29, 1.82) is 0 Å². The number of hydrogen-bond acceptors (Lipinski definition) is 6.